The summed E-state index contributed by atoms with van der Waals surface area (Å²) >= 11 is 0. The van der Waals surface area contributed by atoms with E-state index in [-0.39, 0.29) is 6.79 Å². The summed E-state index contributed by atoms with van der Waals surface area (Å²) in [6.45, 7) is 1.37. The standard InChI is InChI=1S/C20H25N3O5/c1-21-20(22-10-13-5-6-15-19(7-13)28-12-27-15)23-11-14-8-17(25-3)18(26-4)9-16(14)24-2/h5-9H,10-12H2,1-4H3,(H2,21,22,23). The molecule has 1 aliphatic rings. The third-order valence-corrected chi connectivity index (χ3v) is 4.35. The molecule has 0 bridgehead atoms. The Balaban J connectivity index is 1.62. The van der Waals surface area contributed by atoms with Crippen molar-refractivity contribution in [1.29, 1.82) is 0 Å². The molecular formula is C20H25N3O5. The van der Waals surface area contributed by atoms with Gasteiger partial charge in [-0.1, -0.05) is 6.07 Å². The third-order valence-electron chi connectivity index (χ3n) is 4.35. The first-order valence-electron chi connectivity index (χ1n) is 8.80. The Kier molecular flexibility index (Phi) is 6.31. The molecule has 0 saturated heterocycles. The van der Waals surface area contributed by atoms with Crippen LogP contribution in [0.1, 0.15) is 11.1 Å². The van der Waals surface area contributed by atoms with Crippen LogP contribution in [0, 0.1) is 0 Å². The summed E-state index contributed by atoms with van der Waals surface area (Å²) in [7, 11) is 6.54. The summed E-state index contributed by atoms with van der Waals surface area (Å²) < 4.78 is 26.9. The summed E-state index contributed by atoms with van der Waals surface area (Å²) in [4.78, 5) is 4.26. The van der Waals surface area contributed by atoms with Gasteiger partial charge >= 0.3 is 0 Å². The SMILES string of the molecule is CN=C(NCc1ccc2c(c1)OCO2)NCc1cc(OC)c(OC)cc1OC. The van der Waals surface area contributed by atoms with Gasteiger partial charge in [0, 0.05) is 31.8 Å². The highest BCUT2D eigenvalue weighted by molar-refractivity contribution is 5.79. The van der Waals surface area contributed by atoms with Crippen molar-refractivity contribution >= 4 is 5.96 Å². The van der Waals surface area contributed by atoms with Gasteiger partial charge in [-0.05, 0) is 23.8 Å². The van der Waals surface area contributed by atoms with Gasteiger partial charge in [0.25, 0.3) is 0 Å². The molecule has 0 unspecified atom stereocenters. The Hall–Kier alpha value is -3.29. The first-order valence-corrected chi connectivity index (χ1v) is 8.80. The summed E-state index contributed by atoms with van der Waals surface area (Å²) in [5.74, 6) is 4.16. The quantitative estimate of drug-likeness (QED) is 0.557. The molecule has 150 valence electrons. The van der Waals surface area contributed by atoms with Crippen molar-refractivity contribution in [2.45, 2.75) is 13.1 Å². The minimum absolute atomic E-state index is 0.266. The number of hydrogen-bond acceptors (Lipinski definition) is 6. The van der Waals surface area contributed by atoms with Crippen LogP contribution >= 0.6 is 0 Å². The van der Waals surface area contributed by atoms with Gasteiger partial charge in [0.05, 0.1) is 21.3 Å². The molecule has 0 spiro atoms. The molecule has 8 heteroatoms. The molecule has 2 N–H and O–H groups in total. The zero-order valence-corrected chi connectivity index (χ0v) is 16.5. The molecule has 0 aliphatic carbocycles. The minimum atomic E-state index is 0.266. The zero-order chi connectivity index (χ0) is 19.9. The van der Waals surface area contributed by atoms with Crippen molar-refractivity contribution in [2.75, 3.05) is 35.2 Å². The number of nitrogens with zero attached hydrogens (tertiary/aromatic N) is 1. The predicted octanol–water partition coefficient (Wildman–Crippen LogP) is 2.31. The fraction of sp³-hybridized carbons (Fsp3) is 0.350. The van der Waals surface area contributed by atoms with Gasteiger partial charge < -0.3 is 34.3 Å². The van der Waals surface area contributed by atoms with E-state index in [0.29, 0.717) is 36.3 Å². The van der Waals surface area contributed by atoms with Crippen molar-refractivity contribution in [3.05, 3.63) is 41.5 Å². The number of nitrogens with one attached hydrogen (secondary N) is 2. The lowest BCUT2D eigenvalue weighted by atomic mass is 10.1. The van der Waals surface area contributed by atoms with Crippen LogP contribution in [-0.4, -0.2) is 41.1 Å². The third kappa shape index (κ3) is 4.33. The van der Waals surface area contributed by atoms with Crippen LogP contribution in [0.5, 0.6) is 28.7 Å². The van der Waals surface area contributed by atoms with Crippen LogP contribution in [0.15, 0.2) is 35.3 Å². The Morgan fingerprint density at radius 3 is 2.29 bits per heavy atom. The topological polar surface area (TPSA) is 82.6 Å². The molecule has 0 saturated carbocycles. The molecule has 2 aromatic carbocycles. The van der Waals surface area contributed by atoms with E-state index >= 15 is 0 Å². The number of rotatable bonds is 7. The Morgan fingerprint density at radius 2 is 1.57 bits per heavy atom. The van der Waals surface area contributed by atoms with E-state index in [1.165, 1.54) is 0 Å². The van der Waals surface area contributed by atoms with Crippen molar-refractivity contribution in [2.24, 2.45) is 4.99 Å². The Bertz CT molecular complexity index is 854. The van der Waals surface area contributed by atoms with E-state index in [1.807, 2.05) is 24.3 Å². The monoisotopic (exact) mass is 387 g/mol. The van der Waals surface area contributed by atoms with Gasteiger partial charge in [-0.2, -0.15) is 0 Å². The lowest BCUT2D eigenvalue weighted by Gasteiger charge is -2.16. The molecule has 3 rings (SSSR count). The van der Waals surface area contributed by atoms with Gasteiger partial charge in [0.15, 0.2) is 29.0 Å². The molecule has 28 heavy (non-hydrogen) atoms. The molecule has 0 amide bonds. The average Bonchev–Trinajstić information content (AvgIpc) is 3.21. The van der Waals surface area contributed by atoms with Gasteiger partial charge in [-0.15, -0.1) is 0 Å². The second-order valence-electron chi connectivity index (χ2n) is 5.99. The maximum atomic E-state index is 5.46. The lowest BCUT2D eigenvalue weighted by molar-refractivity contribution is 0.174. The van der Waals surface area contributed by atoms with Crippen molar-refractivity contribution < 1.29 is 23.7 Å². The molecule has 0 fully saturated rings. The van der Waals surface area contributed by atoms with Gasteiger partial charge in [-0.3, -0.25) is 4.99 Å². The zero-order valence-electron chi connectivity index (χ0n) is 16.5. The summed E-state index contributed by atoms with van der Waals surface area (Å²) in [6, 6.07) is 9.55. The normalized spacial score (nSPS) is 12.5. The number of benzene rings is 2. The minimum Gasteiger partial charge on any atom is -0.496 e. The second-order valence-corrected chi connectivity index (χ2v) is 5.99. The Morgan fingerprint density at radius 1 is 0.893 bits per heavy atom. The van der Waals surface area contributed by atoms with E-state index in [4.69, 9.17) is 23.7 Å². The highest BCUT2D eigenvalue weighted by atomic mass is 16.7. The van der Waals surface area contributed by atoms with Crippen LogP contribution in [0.25, 0.3) is 0 Å². The van der Waals surface area contributed by atoms with Crippen LogP contribution in [-0.2, 0) is 13.1 Å². The number of ether oxygens (including phenoxy) is 5. The molecule has 0 radical (unpaired) electrons. The summed E-state index contributed by atoms with van der Waals surface area (Å²) in [6.07, 6.45) is 0. The van der Waals surface area contributed by atoms with Crippen molar-refractivity contribution in [3.8, 4) is 28.7 Å². The molecule has 1 heterocycles. The van der Waals surface area contributed by atoms with E-state index in [9.17, 15) is 0 Å². The molecule has 0 atom stereocenters. The molecule has 1 aliphatic heterocycles. The van der Waals surface area contributed by atoms with Gasteiger partial charge in [0.1, 0.15) is 5.75 Å². The second kappa shape index (κ2) is 9.07. The molecule has 0 aromatic heterocycles. The fourth-order valence-electron chi connectivity index (χ4n) is 2.87. The first kappa shape index (κ1) is 19.5. The summed E-state index contributed by atoms with van der Waals surface area (Å²) in [5, 5.41) is 6.56. The Labute approximate surface area is 164 Å². The van der Waals surface area contributed by atoms with Crippen LogP contribution in [0.4, 0.5) is 0 Å². The van der Waals surface area contributed by atoms with Crippen molar-refractivity contribution in [1.82, 2.24) is 10.6 Å². The summed E-state index contributed by atoms with van der Waals surface area (Å²) in [5.41, 5.74) is 1.99. The fourth-order valence-corrected chi connectivity index (χ4v) is 2.87. The number of hydrogen-bond donors (Lipinski definition) is 2. The highest BCUT2D eigenvalue weighted by Gasteiger charge is 2.14. The van der Waals surface area contributed by atoms with Gasteiger partial charge in [0.2, 0.25) is 6.79 Å². The van der Waals surface area contributed by atoms with Crippen molar-refractivity contribution in [3.63, 3.8) is 0 Å². The van der Waals surface area contributed by atoms with E-state index in [0.717, 1.165) is 22.6 Å². The van der Waals surface area contributed by atoms with E-state index in [2.05, 4.69) is 15.6 Å². The average molecular weight is 387 g/mol. The van der Waals surface area contributed by atoms with E-state index < -0.39 is 0 Å². The van der Waals surface area contributed by atoms with E-state index in [1.54, 1.807) is 34.4 Å². The van der Waals surface area contributed by atoms with Gasteiger partial charge in [-0.25, -0.2) is 0 Å². The maximum Gasteiger partial charge on any atom is 0.231 e. The molecule has 8 nitrogen and oxygen atoms in total. The number of aliphatic imine (C=N–C) groups is 1. The number of guanidine groups is 1. The first-order chi connectivity index (χ1) is 13.7. The van der Waals surface area contributed by atoms with Crippen LogP contribution in [0.3, 0.4) is 0 Å². The number of methoxy groups -OCH3 is 3. The smallest absolute Gasteiger partial charge is 0.231 e. The molecule has 2 aromatic rings. The lowest BCUT2D eigenvalue weighted by Crippen LogP contribution is -2.36. The molecular weight excluding hydrogens is 362 g/mol. The maximum absolute atomic E-state index is 5.46. The van der Waals surface area contributed by atoms with Crippen LogP contribution in [0.2, 0.25) is 0 Å². The largest absolute Gasteiger partial charge is 0.496 e. The highest BCUT2D eigenvalue weighted by Crippen LogP contribution is 2.34. The number of fused-ring (bicyclic) bond motifs is 1. The predicted molar refractivity (Wildman–Crippen MR) is 106 cm³/mol. The van der Waals surface area contributed by atoms with Crippen LogP contribution < -0.4 is 34.3 Å².